The predicted octanol–water partition coefficient (Wildman–Crippen LogP) is 3.66. The molecule has 2 atom stereocenters. The number of anilines is 1. The Hall–Kier alpha value is -3.65. The van der Waals surface area contributed by atoms with Crippen molar-refractivity contribution in [2.75, 3.05) is 5.32 Å². The van der Waals surface area contributed by atoms with Crippen LogP contribution < -0.4 is 16.8 Å². The molecule has 3 heterocycles. The first kappa shape index (κ1) is 22.2. The lowest BCUT2D eigenvalue weighted by Crippen LogP contribution is -2.51. The van der Waals surface area contributed by atoms with E-state index in [4.69, 9.17) is 11.5 Å². The Bertz CT molecular complexity index is 1350. The molecule has 1 aliphatic rings. The van der Waals surface area contributed by atoms with Gasteiger partial charge >= 0.3 is 0 Å². The van der Waals surface area contributed by atoms with Gasteiger partial charge in [-0.15, -0.1) is 0 Å². The second-order valence-electron chi connectivity index (χ2n) is 10.1. The molecule has 34 heavy (non-hydrogen) atoms. The molecule has 1 aromatic carbocycles. The number of carbonyl (C=O) groups is 1. The van der Waals surface area contributed by atoms with Gasteiger partial charge in [-0.3, -0.25) is 9.48 Å². The number of rotatable bonds is 6. The van der Waals surface area contributed by atoms with Crippen LogP contribution in [-0.4, -0.2) is 36.9 Å². The largest absolute Gasteiger partial charge is 0.379 e. The zero-order valence-corrected chi connectivity index (χ0v) is 19.8. The third kappa shape index (κ3) is 3.74. The van der Waals surface area contributed by atoms with Crippen molar-refractivity contribution in [3.05, 3.63) is 72.3 Å². The number of nitrogens with one attached hydrogen (secondary N) is 1. The number of nitrogens with zero attached hydrogens (tertiary/aromatic N) is 4. The van der Waals surface area contributed by atoms with Crippen molar-refractivity contribution in [2.45, 2.75) is 51.7 Å². The van der Waals surface area contributed by atoms with Crippen LogP contribution in [0.15, 0.2) is 61.2 Å². The molecule has 1 saturated carbocycles. The normalized spacial score (nSPS) is 21.7. The van der Waals surface area contributed by atoms with Crippen molar-refractivity contribution in [2.24, 2.45) is 16.9 Å². The van der Waals surface area contributed by atoms with Crippen LogP contribution >= 0.6 is 0 Å². The summed E-state index contributed by atoms with van der Waals surface area (Å²) in [6, 6.07) is 12.3. The lowest BCUT2D eigenvalue weighted by atomic mass is 9.75. The van der Waals surface area contributed by atoms with Gasteiger partial charge in [-0.25, -0.2) is 4.52 Å². The van der Waals surface area contributed by atoms with Gasteiger partial charge in [-0.1, -0.05) is 44.2 Å². The van der Waals surface area contributed by atoms with Gasteiger partial charge in [0, 0.05) is 40.5 Å². The van der Waals surface area contributed by atoms with E-state index >= 15 is 0 Å². The fraction of sp³-hybridized carbons (Fsp3) is 0.346. The summed E-state index contributed by atoms with van der Waals surface area (Å²) in [6.07, 6.45) is 9.15. The van der Waals surface area contributed by atoms with Crippen molar-refractivity contribution in [1.82, 2.24) is 19.4 Å². The molecule has 0 radical (unpaired) electrons. The second kappa shape index (κ2) is 7.99. The van der Waals surface area contributed by atoms with Crippen molar-refractivity contribution in [3.8, 4) is 11.1 Å². The van der Waals surface area contributed by atoms with Crippen LogP contribution in [0.25, 0.3) is 16.6 Å². The van der Waals surface area contributed by atoms with Crippen LogP contribution in [0.1, 0.15) is 49.5 Å². The molecule has 176 valence electrons. The van der Waals surface area contributed by atoms with Crippen molar-refractivity contribution in [1.29, 1.82) is 0 Å². The maximum atomic E-state index is 12.3. The van der Waals surface area contributed by atoms with Crippen LogP contribution in [0.2, 0.25) is 0 Å². The summed E-state index contributed by atoms with van der Waals surface area (Å²) < 4.78 is 3.69. The monoisotopic (exact) mass is 457 g/mol. The molecule has 0 spiro atoms. The van der Waals surface area contributed by atoms with Crippen molar-refractivity contribution in [3.63, 3.8) is 0 Å². The van der Waals surface area contributed by atoms with Crippen LogP contribution in [0.4, 0.5) is 5.69 Å². The molecule has 1 aliphatic carbocycles. The molecule has 0 saturated heterocycles. The number of carbonyl (C=O) groups excluding carboxylic acids is 1. The molecule has 1 amide bonds. The lowest BCUT2D eigenvalue weighted by Gasteiger charge is -2.39. The average molecular weight is 458 g/mol. The maximum absolute atomic E-state index is 12.3. The number of nitrogens with two attached hydrogens (primary N) is 2. The molecule has 4 aromatic rings. The van der Waals surface area contributed by atoms with Gasteiger partial charge in [0.15, 0.2) is 0 Å². The van der Waals surface area contributed by atoms with Crippen molar-refractivity contribution >= 4 is 17.1 Å². The highest BCUT2D eigenvalue weighted by Gasteiger charge is 2.49. The minimum absolute atomic E-state index is 0.0961. The third-order valence-electron chi connectivity index (χ3n) is 7.67. The maximum Gasteiger partial charge on any atom is 0.252 e. The van der Waals surface area contributed by atoms with Gasteiger partial charge in [0.1, 0.15) is 0 Å². The molecule has 5 N–H and O–H groups in total. The summed E-state index contributed by atoms with van der Waals surface area (Å²) in [4.78, 5) is 12.3. The van der Waals surface area contributed by atoms with Crippen LogP contribution in [0.5, 0.6) is 0 Å². The lowest BCUT2D eigenvalue weighted by molar-refractivity contribution is 0.100. The van der Waals surface area contributed by atoms with Gasteiger partial charge in [0.25, 0.3) is 5.91 Å². The Morgan fingerprint density at radius 3 is 2.56 bits per heavy atom. The Balaban J connectivity index is 1.51. The van der Waals surface area contributed by atoms with E-state index in [0.717, 1.165) is 29.5 Å². The van der Waals surface area contributed by atoms with E-state index in [1.54, 1.807) is 4.52 Å². The molecule has 1 fully saturated rings. The Morgan fingerprint density at radius 1 is 1.12 bits per heavy atom. The predicted molar refractivity (Wildman–Crippen MR) is 133 cm³/mol. The molecule has 8 nitrogen and oxygen atoms in total. The summed E-state index contributed by atoms with van der Waals surface area (Å²) in [5.74, 6) is -0.512. The smallest absolute Gasteiger partial charge is 0.252 e. The quantitative estimate of drug-likeness (QED) is 0.409. The first-order valence-electron chi connectivity index (χ1n) is 11.6. The summed E-state index contributed by atoms with van der Waals surface area (Å²) >= 11 is 0. The summed E-state index contributed by atoms with van der Waals surface area (Å²) in [5.41, 5.74) is 16.8. The molecule has 3 aromatic heterocycles. The molecule has 0 bridgehead atoms. The summed E-state index contributed by atoms with van der Waals surface area (Å²) in [7, 11) is 0. The Kier molecular flexibility index (Phi) is 5.20. The van der Waals surface area contributed by atoms with Crippen LogP contribution in [0.3, 0.4) is 0 Å². The summed E-state index contributed by atoms with van der Waals surface area (Å²) in [5, 5.41) is 12.6. The zero-order chi connectivity index (χ0) is 24.1. The van der Waals surface area contributed by atoms with Gasteiger partial charge < -0.3 is 16.8 Å². The van der Waals surface area contributed by atoms with Gasteiger partial charge in [0.05, 0.1) is 35.7 Å². The van der Waals surface area contributed by atoms with E-state index in [1.807, 2.05) is 47.5 Å². The van der Waals surface area contributed by atoms with Crippen LogP contribution in [0, 0.1) is 5.41 Å². The Morgan fingerprint density at radius 2 is 1.88 bits per heavy atom. The van der Waals surface area contributed by atoms with Gasteiger partial charge in [0.2, 0.25) is 0 Å². The minimum Gasteiger partial charge on any atom is -0.379 e. The number of hydrogen-bond donors (Lipinski definition) is 3. The topological polar surface area (TPSA) is 116 Å². The fourth-order valence-electron chi connectivity index (χ4n) is 4.87. The van der Waals surface area contributed by atoms with E-state index in [9.17, 15) is 4.79 Å². The van der Waals surface area contributed by atoms with E-state index in [2.05, 4.69) is 48.4 Å². The number of aromatic nitrogens is 4. The number of fused-ring (bicyclic) bond motifs is 1. The van der Waals surface area contributed by atoms with Crippen molar-refractivity contribution < 1.29 is 4.79 Å². The van der Waals surface area contributed by atoms with E-state index in [0.29, 0.717) is 17.8 Å². The van der Waals surface area contributed by atoms with E-state index < -0.39 is 5.91 Å². The highest BCUT2D eigenvalue weighted by atomic mass is 16.1. The molecule has 0 unspecified atom stereocenters. The number of hydrogen-bond acceptors (Lipinski definition) is 5. The first-order chi connectivity index (χ1) is 16.2. The highest BCUT2D eigenvalue weighted by molar-refractivity contribution is 6.02. The number of primary amides is 1. The second-order valence-corrected chi connectivity index (χ2v) is 10.1. The van der Waals surface area contributed by atoms with E-state index in [-0.39, 0.29) is 17.0 Å². The van der Waals surface area contributed by atoms with Crippen LogP contribution in [-0.2, 0) is 6.54 Å². The average Bonchev–Trinajstić information content (AvgIpc) is 3.47. The van der Waals surface area contributed by atoms with Gasteiger partial charge in [-0.05, 0) is 31.4 Å². The molecule has 8 heteroatoms. The minimum atomic E-state index is -0.512. The number of amides is 1. The highest BCUT2D eigenvalue weighted by Crippen LogP contribution is 2.46. The molecule has 5 rings (SSSR count). The third-order valence-corrected chi connectivity index (χ3v) is 7.67. The molecule has 0 aliphatic heterocycles. The fourth-order valence-corrected chi connectivity index (χ4v) is 4.87. The standard InChI is InChI=1S/C26H31N7O/c1-25(2)22(9-10-26(25,3)28)31-23-20(24(27)34)13-30-33-16-18(11-21(23)33)19-12-29-32(15-19)14-17-7-5-4-6-8-17/h4-8,11-13,15-16,22,31H,9-10,14,28H2,1-3H3,(H2,27,34)/t22-,26+/m1/s1. The molecular formula is C26H31N7O. The van der Waals surface area contributed by atoms with Gasteiger partial charge in [-0.2, -0.15) is 10.2 Å². The number of benzene rings is 1. The SMILES string of the molecule is CC1(C)[C@H](Nc2c(C(N)=O)cnn3cc(-c4cnn(Cc5ccccc5)c4)cc23)CC[C@]1(C)N. The molecular weight excluding hydrogens is 426 g/mol. The first-order valence-corrected chi connectivity index (χ1v) is 11.6. The van der Waals surface area contributed by atoms with E-state index in [1.165, 1.54) is 11.8 Å². The zero-order valence-electron chi connectivity index (χ0n) is 19.8. The summed E-state index contributed by atoms with van der Waals surface area (Å²) in [6.45, 7) is 7.13. The Labute approximate surface area is 198 Å².